The van der Waals surface area contributed by atoms with Crippen LogP contribution < -0.4 is 10.9 Å². The van der Waals surface area contributed by atoms with Crippen LogP contribution in [0.3, 0.4) is 0 Å². The van der Waals surface area contributed by atoms with Crippen LogP contribution in [0.5, 0.6) is 0 Å². The molecule has 0 aliphatic rings. The van der Waals surface area contributed by atoms with Crippen LogP contribution in [0.15, 0.2) is 41.6 Å². The molecule has 0 spiro atoms. The van der Waals surface area contributed by atoms with Crippen LogP contribution in [0.2, 0.25) is 0 Å². The number of fused-ring (bicyclic) bond motifs is 1. The zero-order valence-corrected chi connectivity index (χ0v) is 12.1. The highest BCUT2D eigenvalue weighted by Gasteiger charge is 2.07. The maximum atomic E-state index is 12.3. The predicted octanol–water partition coefficient (Wildman–Crippen LogP) is 1.55. The second-order valence-electron chi connectivity index (χ2n) is 5.04. The lowest BCUT2D eigenvalue weighted by molar-refractivity contribution is 0.686. The fourth-order valence-electron chi connectivity index (χ4n) is 2.22. The number of nitrogens with one attached hydrogen (secondary N) is 1. The van der Waals surface area contributed by atoms with Crippen LogP contribution in [0.25, 0.3) is 11.0 Å². The van der Waals surface area contributed by atoms with E-state index in [1.54, 1.807) is 28.8 Å². The second-order valence-corrected chi connectivity index (χ2v) is 5.04. The Kier molecular flexibility index (Phi) is 3.43. The first-order valence-electron chi connectivity index (χ1n) is 6.83. The number of hydrogen-bond acceptors (Lipinski definition) is 4. The quantitative estimate of drug-likeness (QED) is 0.789. The van der Waals surface area contributed by atoms with Gasteiger partial charge in [0.15, 0.2) is 5.65 Å². The highest BCUT2D eigenvalue weighted by molar-refractivity contribution is 5.72. The molecular weight excluding hydrogens is 266 g/mol. The summed E-state index contributed by atoms with van der Waals surface area (Å²) in [5, 5.41) is 7.90. The molecule has 0 unspecified atom stereocenters. The van der Waals surface area contributed by atoms with E-state index in [0.29, 0.717) is 24.1 Å². The van der Waals surface area contributed by atoms with Crippen LogP contribution in [0.4, 0.5) is 5.69 Å². The van der Waals surface area contributed by atoms with Gasteiger partial charge in [-0.25, -0.2) is 4.98 Å². The Hall–Kier alpha value is -2.63. The molecule has 0 aliphatic carbocycles. The molecule has 0 saturated carbocycles. The van der Waals surface area contributed by atoms with Gasteiger partial charge >= 0.3 is 0 Å². The molecule has 0 bridgehead atoms. The summed E-state index contributed by atoms with van der Waals surface area (Å²) < 4.78 is 3.21. The summed E-state index contributed by atoms with van der Waals surface area (Å²) in [4.78, 5) is 16.5. The molecule has 2 aromatic heterocycles. The first-order chi connectivity index (χ1) is 10.1. The first kappa shape index (κ1) is 13.4. The number of aromatic nitrogens is 4. The standard InChI is InChI=1S/C15H17N5O/c1-11-3-5-12(6-4-11)16-7-8-20-10-17-14-13(15(20)21)9-18-19(14)2/h3-6,9-10,16H,7-8H2,1-2H3. The Bertz CT molecular complexity index is 816. The maximum Gasteiger partial charge on any atom is 0.264 e. The van der Waals surface area contributed by atoms with Gasteiger partial charge in [0.25, 0.3) is 5.56 Å². The molecule has 0 saturated heterocycles. The van der Waals surface area contributed by atoms with E-state index in [0.717, 1.165) is 5.69 Å². The van der Waals surface area contributed by atoms with E-state index in [2.05, 4.69) is 34.5 Å². The normalized spacial score (nSPS) is 11.0. The average Bonchev–Trinajstić information content (AvgIpc) is 2.86. The van der Waals surface area contributed by atoms with Crippen molar-refractivity contribution >= 4 is 16.7 Å². The van der Waals surface area contributed by atoms with Gasteiger partial charge in [0.05, 0.1) is 6.20 Å². The van der Waals surface area contributed by atoms with E-state index in [1.807, 2.05) is 12.1 Å². The SMILES string of the molecule is Cc1ccc(NCCn2cnc3c(cnn3C)c2=O)cc1. The maximum absolute atomic E-state index is 12.3. The number of rotatable bonds is 4. The Morgan fingerprint density at radius 3 is 2.76 bits per heavy atom. The fourth-order valence-corrected chi connectivity index (χ4v) is 2.22. The Labute approximate surface area is 122 Å². The third-order valence-electron chi connectivity index (χ3n) is 3.45. The molecule has 0 aliphatic heterocycles. The Morgan fingerprint density at radius 2 is 2.00 bits per heavy atom. The van der Waals surface area contributed by atoms with Gasteiger partial charge in [0.1, 0.15) is 11.7 Å². The van der Waals surface area contributed by atoms with Gasteiger partial charge in [-0.3, -0.25) is 14.0 Å². The minimum Gasteiger partial charge on any atom is -0.383 e. The molecule has 0 radical (unpaired) electrons. The summed E-state index contributed by atoms with van der Waals surface area (Å²) >= 11 is 0. The topological polar surface area (TPSA) is 64.7 Å². The average molecular weight is 283 g/mol. The van der Waals surface area contributed by atoms with Crippen LogP contribution in [-0.2, 0) is 13.6 Å². The summed E-state index contributed by atoms with van der Waals surface area (Å²) in [5.41, 5.74) is 2.83. The van der Waals surface area contributed by atoms with Crippen molar-refractivity contribution in [2.75, 3.05) is 11.9 Å². The fraction of sp³-hybridized carbons (Fsp3) is 0.267. The summed E-state index contributed by atoms with van der Waals surface area (Å²) in [6.45, 7) is 3.28. The number of hydrogen-bond donors (Lipinski definition) is 1. The van der Waals surface area contributed by atoms with Crippen LogP contribution >= 0.6 is 0 Å². The molecule has 2 heterocycles. The van der Waals surface area contributed by atoms with Crippen molar-refractivity contribution in [2.24, 2.45) is 7.05 Å². The molecule has 108 valence electrons. The molecule has 3 rings (SSSR count). The molecule has 3 aromatic rings. The number of nitrogens with zero attached hydrogens (tertiary/aromatic N) is 4. The Balaban J connectivity index is 1.72. The lowest BCUT2D eigenvalue weighted by atomic mass is 10.2. The van der Waals surface area contributed by atoms with Gasteiger partial charge < -0.3 is 5.32 Å². The van der Waals surface area contributed by atoms with Gasteiger partial charge in [-0.05, 0) is 19.1 Å². The van der Waals surface area contributed by atoms with Gasteiger partial charge in [0.2, 0.25) is 0 Å². The van der Waals surface area contributed by atoms with Crippen molar-refractivity contribution in [3.8, 4) is 0 Å². The number of aryl methyl sites for hydroxylation is 2. The second kappa shape index (κ2) is 5.40. The van der Waals surface area contributed by atoms with Gasteiger partial charge in [-0.1, -0.05) is 17.7 Å². The van der Waals surface area contributed by atoms with Crippen molar-refractivity contribution in [1.29, 1.82) is 0 Å². The smallest absolute Gasteiger partial charge is 0.264 e. The zero-order valence-electron chi connectivity index (χ0n) is 12.1. The zero-order chi connectivity index (χ0) is 14.8. The summed E-state index contributed by atoms with van der Waals surface area (Å²) in [6.07, 6.45) is 3.14. The largest absolute Gasteiger partial charge is 0.383 e. The molecule has 21 heavy (non-hydrogen) atoms. The summed E-state index contributed by atoms with van der Waals surface area (Å²) in [5.74, 6) is 0. The lowest BCUT2D eigenvalue weighted by Gasteiger charge is -2.08. The third kappa shape index (κ3) is 2.65. The minimum absolute atomic E-state index is 0.0567. The number of benzene rings is 1. The van der Waals surface area contributed by atoms with Crippen LogP contribution in [-0.4, -0.2) is 25.9 Å². The predicted molar refractivity (Wildman–Crippen MR) is 82.4 cm³/mol. The van der Waals surface area contributed by atoms with E-state index in [9.17, 15) is 4.79 Å². The molecule has 1 aromatic carbocycles. The third-order valence-corrected chi connectivity index (χ3v) is 3.45. The highest BCUT2D eigenvalue weighted by Crippen LogP contribution is 2.08. The molecular formula is C15H17N5O. The first-order valence-corrected chi connectivity index (χ1v) is 6.83. The van der Waals surface area contributed by atoms with E-state index in [4.69, 9.17) is 0 Å². The summed E-state index contributed by atoms with van der Waals surface area (Å²) in [7, 11) is 1.78. The van der Waals surface area contributed by atoms with Crippen molar-refractivity contribution in [1.82, 2.24) is 19.3 Å². The molecule has 6 nitrogen and oxygen atoms in total. The molecule has 0 atom stereocenters. The Morgan fingerprint density at radius 1 is 1.24 bits per heavy atom. The highest BCUT2D eigenvalue weighted by atomic mass is 16.1. The van der Waals surface area contributed by atoms with Crippen molar-refractivity contribution in [3.63, 3.8) is 0 Å². The van der Waals surface area contributed by atoms with Gasteiger partial charge in [-0.2, -0.15) is 5.10 Å². The van der Waals surface area contributed by atoms with Gasteiger partial charge in [0, 0.05) is 25.8 Å². The molecule has 0 amide bonds. The number of anilines is 1. The van der Waals surface area contributed by atoms with Crippen molar-refractivity contribution in [2.45, 2.75) is 13.5 Å². The lowest BCUT2D eigenvalue weighted by Crippen LogP contribution is -2.24. The van der Waals surface area contributed by atoms with E-state index in [1.165, 1.54) is 5.56 Å². The van der Waals surface area contributed by atoms with Crippen molar-refractivity contribution in [3.05, 3.63) is 52.7 Å². The molecule has 0 fully saturated rings. The van der Waals surface area contributed by atoms with Gasteiger partial charge in [-0.15, -0.1) is 0 Å². The molecule has 1 N–H and O–H groups in total. The summed E-state index contributed by atoms with van der Waals surface area (Å²) in [6, 6.07) is 8.16. The minimum atomic E-state index is -0.0567. The van der Waals surface area contributed by atoms with Crippen LogP contribution in [0.1, 0.15) is 5.56 Å². The van der Waals surface area contributed by atoms with E-state index >= 15 is 0 Å². The van der Waals surface area contributed by atoms with E-state index < -0.39 is 0 Å². The van der Waals surface area contributed by atoms with Crippen molar-refractivity contribution < 1.29 is 0 Å². The molecule has 6 heteroatoms. The monoisotopic (exact) mass is 283 g/mol. The van der Waals surface area contributed by atoms with Crippen LogP contribution in [0, 0.1) is 6.92 Å². The van der Waals surface area contributed by atoms with E-state index in [-0.39, 0.29) is 5.56 Å².